The van der Waals surface area contributed by atoms with E-state index in [4.69, 9.17) is 11.6 Å². The Balaban J connectivity index is 2.07. The predicted molar refractivity (Wildman–Crippen MR) is 99.2 cm³/mol. The molecule has 26 heavy (non-hydrogen) atoms. The average Bonchev–Trinajstić information content (AvgIpc) is 2.61. The second-order valence-corrected chi connectivity index (χ2v) is 6.14. The molecule has 0 bridgehead atoms. The van der Waals surface area contributed by atoms with Crippen LogP contribution in [-0.2, 0) is 7.05 Å². The van der Waals surface area contributed by atoms with Crippen molar-refractivity contribution < 1.29 is 4.79 Å². The van der Waals surface area contributed by atoms with Gasteiger partial charge < -0.3 is 5.32 Å². The number of amides is 1. The molecule has 0 unspecified atom stereocenters. The fourth-order valence-electron chi connectivity index (χ4n) is 2.38. The first-order valence-corrected chi connectivity index (χ1v) is 8.09. The van der Waals surface area contributed by atoms with Crippen LogP contribution >= 0.6 is 11.6 Å². The van der Waals surface area contributed by atoms with Crippen LogP contribution in [0.2, 0.25) is 5.02 Å². The molecule has 3 rings (SSSR count). The van der Waals surface area contributed by atoms with Gasteiger partial charge in [0.25, 0.3) is 11.5 Å². The maximum Gasteiger partial charge on any atom is 0.351 e. The molecule has 7 nitrogen and oxygen atoms in total. The standard InChI is InChI=1S/C18H15ClN4O3/c1-11-4-3-5-13(10-11)20-16(24)15-17(25)22(2)18(26)23(21-15)14-8-6-12(19)7-9-14/h3-10H,1-2H3,(H,20,24). The molecule has 0 aliphatic carbocycles. The second-order valence-electron chi connectivity index (χ2n) is 5.71. The van der Waals surface area contributed by atoms with Crippen LogP contribution in [0.3, 0.4) is 0 Å². The van der Waals surface area contributed by atoms with Crippen molar-refractivity contribution in [2.45, 2.75) is 6.92 Å². The minimum absolute atomic E-state index is 0.386. The van der Waals surface area contributed by atoms with E-state index >= 15 is 0 Å². The number of aryl methyl sites for hydroxylation is 1. The average molecular weight is 371 g/mol. The third kappa shape index (κ3) is 3.43. The first kappa shape index (κ1) is 17.6. The normalized spacial score (nSPS) is 10.6. The van der Waals surface area contributed by atoms with E-state index in [1.807, 2.05) is 13.0 Å². The van der Waals surface area contributed by atoms with E-state index in [0.717, 1.165) is 14.8 Å². The maximum absolute atomic E-state index is 12.5. The summed E-state index contributed by atoms with van der Waals surface area (Å²) in [6.45, 7) is 1.88. The van der Waals surface area contributed by atoms with E-state index < -0.39 is 17.2 Å². The van der Waals surface area contributed by atoms with Crippen molar-refractivity contribution in [2.24, 2.45) is 7.05 Å². The van der Waals surface area contributed by atoms with Crippen molar-refractivity contribution in [3.63, 3.8) is 0 Å². The summed E-state index contributed by atoms with van der Waals surface area (Å²) in [4.78, 5) is 37.2. The maximum atomic E-state index is 12.5. The van der Waals surface area contributed by atoms with Crippen molar-refractivity contribution in [3.8, 4) is 5.69 Å². The van der Waals surface area contributed by atoms with E-state index in [9.17, 15) is 14.4 Å². The SMILES string of the molecule is Cc1cccc(NC(=O)c2nn(-c3ccc(Cl)cc3)c(=O)n(C)c2=O)c1. The molecule has 1 amide bonds. The lowest BCUT2D eigenvalue weighted by Gasteiger charge is -2.10. The van der Waals surface area contributed by atoms with Crippen LogP contribution in [0.25, 0.3) is 5.69 Å². The molecule has 0 saturated carbocycles. The van der Waals surface area contributed by atoms with Gasteiger partial charge in [0, 0.05) is 17.8 Å². The van der Waals surface area contributed by atoms with E-state index in [0.29, 0.717) is 16.4 Å². The number of carbonyl (C=O) groups excluding carboxylic acids is 1. The highest BCUT2D eigenvalue weighted by Gasteiger charge is 2.19. The number of rotatable bonds is 3. The molecule has 2 aromatic carbocycles. The van der Waals surface area contributed by atoms with Crippen molar-refractivity contribution in [3.05, 3.63) is 85.6 Å². The van der Waals surface area contributed by atoms with Gasteiger partial charge in [0.15, 0.2) is 0 Å². The van der Waals surface area contributed by atoms with Crippen LogP contribution in [0.5, 0.6) is 0 Å². The van der Waals surface area contributed by atoms with Crippen LogP contribution in [0.15, 0.2) is 58.1 Å². The molecule has 0 radical (unpaired) electrons. The topological polar surface area (TPSA) is 86.0 Å². The van der Waals surface area contributed by atoms with Gasteiger partial charge >= 0.3 is 5.69 Å². The zero-order chi connectivity index (χ0) is 18.8. The van der Waals surface area contributed by atoms with E-state index in [1.165, 1.54) is 7.05 Å². The molecule has 0 aliphatic rings. The van der Waals surface area contributed by atoms with Crippen molar-refractivity contribution >= 4 is 23.2 Å². The summed E-state index contributed by atoms with van der Waals surface area (Å²) in [6, 6.07) is 13.4. The first-order valence-electron chi connectivity index (χ1n) is 7.71. The number of nitrogens with zero attached hydrogens (tertiary/aromatic N) is 3. The van der Waals surface area contributed by atoms with Crippen LogP contribution in [0.4, 0.5) is 5.69 Å². The summed E-state index contributed by atoms with van der Waals surface area (Å²) in [5.41, 5.74) is 0.0517. The van der Waals surface area contributed by atoms with Gasteiger partial charge in [-0.05, 0) is 48.9 Å². The molecule has 1 aromatic heterocycles. The van der Waals surface area contributed by atoms with Gasteiger partial charge in [0.2, 0.25) is 5.69 Å². The lowest BCUT2D eigenvalue weighted by atomic mass is 10.2. The van der Waals surface area contributed by atoms with Crippen molar-refractivity contribution in [1.82, 2.24) is 14.3 Å². The molecular formula is C18H15ClN4O3. The molecular weight excluding hydrogens is 356 g/mol. The fraction of sp³-hybridized carbons (Fsp3) is 0.111. The number of anilines is 1. The molecule has 0 atom stereocenters. The number of aromatic nitrogens is 3. The van der Waals surface area contributed by atoms with E-state index in [1.54, 1.807) is 42.5 Å². The lowest BCUT2D eigenvalue weighted by Crippen LogP contribution is -2.43. The zero-order valence-electron chi connectivity index (χ0n) is 14.1. The summed E-state index contributed by atoms with van der Waals surface area (Å²) >= 11 is 5.85. The molecule has 1 heterocycles. The Morgan fingerprint density at radius 1 is 1.12 bits per heavy atom. The minimum Gasteiger partial charge on any atom is -0.320 e. The lowest BCUT2D eigenvalue weighted by molar-refractivity contribution is 0.101. The predicted octanol–water partition coefficient (Wildman–Crippen LogP) is 2.15. The molecule has 132 valence electrons. The number of carbonyl (C=O) groups is 1. The minimum atomic E-state index is -0.773. The summed E-state index contributed by atoms with van der Waals surface area (Å²) in [7, 11) is 1.29. The van der Waals surface area contributed by atoms with Gasteiger partial charge in [0.05, 0.1) is 5.69 Å². The number of halogens is 1. The molecule has 0 saturated heterocycles. The summed E-state index contributed by atoms with van der Waals surface area (Å²) in [5.74, 6) is -0.695. The second kappa shape index (κ2) is 6.97. The van der Waals surface area contributed by atoms with Gasteiger partial charge in [-0.1, -0.05) is 23.7 Å². The molecule has 1 N–H and O–H groups in total. The molecule has 0 aliphatic heterocycles. The van der Waals surface area contributed by atoms with E-state index in [-0.39, 0.29) is 5.69 Å². The fourth-order valence-corrected chi connectivity index (χ4v) is 2.51. The van der Waals surface area contributed by atoms with E-state index in [2.05, 4.69) is 10.4 Å². The van der Waals surface area contributed by atoms with Crippen molar-refractivity contribution in [2.75, 3.05) is 5.32 Å². The van der Waals surface area contributed by atoms with Gasteiger partial charge in [-0.15, -0.1) is 0 Å². The number of benzene rings is 2. The van der Waals surface area contributed by atoms with Crippen LogP contribution in [-0.4, -0.2) is 20.3 Å². The zero-order valence-corrected chi connectivity index (χ0v) is 14.8. The van der Waals surface area contributed by atoms with Crippen LogP contribution in [0.1, 0.15) is 16.1 Å². The Labute approximate surface area is 153 Å². The molecule has 8 heteroatoms. The largest absolute Gasteiger partial charge is 0.351 e. The number of nitrogens with one attached hydrogen (secondary N) is 1. The highest BCUT2D eigenvalue weighted by atomic mass is 35.5. The Morgan fingerprint density at radius 3 is 2.46 bits per heavy atom. The first-order chi connectivity index (χ1) is 12.4. The highest BCUT2D eigenvalue weighted by molar-refractivity contribution is 6.30. The van der Waals surface area contributed by atoms with Crippen LogP contribution < -0.4 is 16.6 Å². The Bertz CT molecular complexity index is 1100. The van der Waals surface area contributed by atoms with Crippen LogP contribution in [0, 0.1) is 6.92 Å². The monoisotopic (exact) mass is 370 g/mol. The molecule has 0 fully saturated rings. The molecule has 3 aromatic rings. The van der Waals surface area contributed by atoms with Gasteiger partial charge in [-0.2, -0.15) is 9.78 Å². The third-order valence-corrected chi connectivity index (χ3v) is 3.99. The van der Waals surface area contributed by atoms with Gasteiger partial charge in [0.1, 0.15) is 0 Å². The van der Waals surface area contributed by atoms with Gasteiger partial charge in [-0.25, -0.2) is 4.79 Å². The number of hydrogen-bond acceptors (Lipinski definition) is 4. The summed E-state index contributed by atoms with van der Waals surface area (Å²) < 4.78 is 1.83. The smallest absolute Gasteiger partial charge is 0.320 e. The summed E-state index contributed by atoms with van der Waals surface area (Å²) in [5, 5.41) is 7.08. The van der Waals surface area contributed by atoms with Crippen molar-refractivity contribution in [1.29, 1.82) is 0 Å². The van der Waals surface area contributed by atoms with Gasteiger partial charge in [-0.3, -0.25) is 14.2 Å². The highest BCUT2D eigenvalue weighted by Crippen LogP contribution is 2.12. The third-order valence-electron chi connectivity index (χ3n) is 3.74. The Hall–Kier alpha value is -3.19. The Kier molecular flexibility index (Phi) is 4.73. The number of hydrogen-bond donors (Lipinski definition) is 1. The summed E-state index contributed by atoms with van der Waals surface area (Å²) in [6.07, 6.45) is 0. The Morgan fingerprint density at radius 2 is 1.81 bits per heavy atom. The quantitative estimate of drug-likeness (QED) is 0.765. The molecule has 0 spiro atoms.